The van der Waals surface area contributed by atoms with E-state index < -0.39 is 8.07 Å². The van der Waals surface area contributed by atoms with Gasteiger partial charge in [0.25, 0.3) is 0 Å². The van der Waals surface area contributed by atoms with Crippen LogP contribution in [0.25, 0.3) is 0 Å². The third kappa shape index (κ3) is 5.45. The van der Waals surface area contributed by atoms with Crippen LogP contribution in [0.5, 0.6) is 0 Å². The summed E-state index contributed by atoms with van der Waals surface area (Å²) in [6, 6.07) is 0. The van der Waals surface area contributed by atoms with E-state index in [4.69, 9.17) is 0 Å². The Kier molecular flexibility index (Phi) is 3.33. The zero-order chi connectivity index (χ0) is 5.21. The fourth-order valence-corrected chi connectivity index (χ4v) is 0. The molecule has 0 atom stereocenters. The van der Waals surface area contributed by atoms with Gasteiger partial charge in [-0.05, 0) is 0 Å². The summed E-state index contributed by atoms with van der Waals surface area (Å²) >= 11 is 3.30. The zero-order valence-corrected chi connectivity index (χ0v) is 7.12. The van der Waals surface area contributed by atoms with Crippen LogP contribution in [-0.2, 0) is 0 Å². The van der Waals surface area contributed by atoms with Gasteiger partial charge in [-0.25, -0.2) is 0 Å². The Morgan fingerprint density at radius 1 is 1.33 bits per heavy atom. The molecule has 46 valence electrons. The van der Waals surface area contributed by atoms with Gasteiger partial charge in [0, 0.05) is 0 Å². The third-order valence-electron chi connectivity index (χ3n) is 0.274. The summed E-state index contributed by atoms with van der Waals surface area (Å²) in [6.45, 7) is 7.02. The quantitative estimate of drug-likeness (QED) is 0.632. The predicted octanol–water partition coefficient (Wildman–Crippen LogP) is 1.83. The third-order valence-corrected chi connectivity index (χ3v) is 6.09. The van der Waals surface area contributed by atoms with Crippen molar-refractivity contribution in [3.8, 4) is 0 Å². The van der Waals surface area contributed by atoms with Gasteiger partial charge in [0.15, 0.2) is 0 Å². The molecule has 0 unspecified atom stereocenters. The number of hydrogen-bond donors (Lipinski definition) is 0. The van der Waals surface area contributed by atoms with Crippen LogP contribution in [0.2, 0.25) is 21.9 Å². The predicted molar refractivity (Wildman–Crippen MR) is 28.2 cm³/mol. The molecule has 0 amide bonds. The average Bonchev–Trinajstić information content (AvgIpc) is 1.35. The molecular formula is C4H11LuSi. The van der Waals surface area contributed by atoms with Crippen LogP contribution in [0.3, 0.4) is 0 Å². The molecule has 0 radical (unpaired) electrons. The van der Waals surface area contributed by atoms with Crippen molar-refractivity contribution in [2.45, 2.75) is 21.9 Å². The Morgan fingerprint density at radius 2 is 1.50 bits per heavy atom. The molecule has 0 rings (SSSR count). The van der Waals surface area contributed by atoms with Crippen LogP contribution >= 0.6 is 0 Å². The van der Waals surface area contributed by atoms with Crippen molar-refractivity contribution in [2.24, 2.45) is 0 Å². The van der Waals surface area contributed by atoms with Crippen LogP contribution in [-0.4, -0.2) is 8.07 Å². The van der Waals surface area contributed by atoms with Gasteiger partial charge in [-0.3, -0.25) is 0 Å². The SMILES string of the molecule is C[Si](C)(C)[CH2][Lu]. The number of hydrogen-bond acceptors (Lipinski definition) is 0. The summed E-state index contributed by atoms with van der Waals surface area (Å²) in [7, 11) is -0.705. The van der Waals surface area contributed by atoms with Gasteiger partial charge in [-0.15, -0.1) is 0 Å². The second-order valence-corrected chi connectivity index (χ2v) is 9.71. The van der Waals surface area contributed by atoms with E-state index >= 15 is 0 Å². The molecule has 2 heteroatoms. The molecule has 0 aromatic heterocycles. The summed E-state index contributed by atoms with van der Waals surface area (Å²) in [5.41, 5.74) is 0. The molecule has 0 spiro atoms. The summed E-state index contributed by atoms with van der Waals surface area (Å²) in [5.74, 6) is 0. The van der Waals surface area contributed by atoms with Crippen molar-refractivity contribution in [2.75, 3.05) is 0 Å². The molecule has 6 heavy (non-hydrogen) atoms. The van der Waals surface area contributed by atoms with Gasteiger partial charge in [0.05, 0.1) is 0 Å². The molecular weight excluding hydrogens is 251 g/mol. The normalized spacial score (nSPS) is 12.2. The summed E-state index contributed by atoms with van der Waals surface area (Å²) in [5, 5.41) is 0. The molecule has 0 aromatic carbocycles. The number of rotatable bonds is 1. The molecule has 0 aliphatic heterocycles. The first-order chi connectivity index (χ1) is 2.56. The molecule has 0 nitrogen and oxygen atoms in total. The summed E-state index contributed by atoms with van der Waals surface area (Å²) < 4.78 is 1.24. The standard InChI is InChI=1S/C4H11Si.Lu/c1-5(2,3)4;/h1H2,2-4H3;. The minimum atomic E-state index is -0.705. The molecule has 0 bridgehead atoms. The summed E-state index contributed by atoms with van der Waals surface area (Å²) in [6.07, 6.45) is 0. The van der Waals surface area contributed by atoms with E-state index in [1.807, 2.05) is 0 Å². The molecule has 0 saturated heterocycles. The second-order valence-electron chi connectivity index (χ2n) is 2.65. The van der Waals surface area contributed by atoms with Crippen molar-refractivity contribution in [1.29, 1.82) is 0 Å². The Bertz CT molecular complexity index is 37.3. The molecule has 0 N–H and O–H groups in total. The average molecular weight is 262 g/mol. The first-order valence-electron chi connectivity index (χ1n) is 2.04. The maximum atomic E-state index is 3.30. The minimum absolute atomic E-state index is 0.705. The van der Waals surface area contributed by atoms with Gasteiger partial charge < -0.3 is 0 Å². The van der Waals surface area contributed by atoms with Gasteiger partial charge >= 0.3 is 64.9 Å². The van der Waals surface area contributed by atoms with E-state index in [1.165, 1.54) is 2.26 Å². The van der Waals surface area contributed by atoms with Crippen molar-refractivity contribution in [3.63, 3.8) is 0 Å². The molecule has 0 fully saturated rings. The van der Waals surface area contributed by atoms with Gasteiger partial charge in [-0.2, -0.15) is 0 Å². The first kappa shape index (κ1) is 7.45. The first-order valence-corrected chi connectivity index (χ1v) is 6.91. The summed E-state index contributed by atoms with van der Waals surface area (Å²) in [4.78, 5) is 0. The van der Waals surface area contributed by atoms with Gasteiger partial charge in [0.2, 0.25) is 0 Å². The molecule has 0 aliphatic carbocycles. The van der Waals surface area contributed by atoms with E-state index in [1.54, 1.807) is 0 Å². The van der Waals surface area contributed by atoms with Crippen molar-refractivity contribution in [3.05, 3.63) is 0 Å². The van der Waals surface area contributed by atoms with Crippen molar-refractivity contribution < 1.29 is 35.0 Å². The van der Waals surface area contributed by atoms with E-state index in [0.717, 1.165) is 0 Å². The molecule has 0 aliphatic rings. The van der Waals surface area contributed by atoms with Crippen LogP contribution < -0.4 is 0 Å². The van der Waals surface area contributed by atoms with Crippen LogP contribution in [0.1, 0.15) is 0 Å². The van der Waals surface area contributed by atoms with Crippen LogP contribution in [0, 0.1) is 35.0 Å². The van der Waals surface area contributed by atoms with Crippen LogP contribution in [0.15, 0.2) is 0 Å². The zero-order valence-electron chi connectivity index (χ0n) is 4.47. The Morgan fingerprint density at radius 3 is 1.50 bits per heavy atom. The maximum absolute atomic E-state index is 3.30. The Hall–Kier alpha value is 1.45. The molecule has 0 heterocycles. The van der Waals surface area contributed by atoms with E-state index in [2.05, 4.69) is 54.6 Å². The fraction of sp³-hybridized carbons (Fsp3) is 1.00. The van der Waals surface area contributed by atoms with E-state index in [9.17, 15) is 0 Å². The van der Waals surface area contributed by atoms with Crippen molar-refractivity contribution in [1.82, 2.24) is 0 Å². The van der Waals surface area contributed by atoms with Crippen LogP contribution in [0.4, 0.5) is 0 Å². The molecule has 0 aromatic rings. The van der Waals surface area contributed by atoms with Gasteiger partial charge in [0.1, 0.15) is 0 Å². The molecule has 0 saturated carbocycles. The second kappa shape index (κ2) is 2.68. The Labute approximate surface area is 64.3 Å². The van der Waals surface area contributed by atoms with E-state index in [-0.39, 0.29) is 0 Å². The van der Waals surface area contributed by atoms with Crippen molar-refractivity contribution >= 4 is 8.07 Å². The Balaban J connectivity index is 3.17. The van der Waals surface area contributed by atoms with Gasteiger partial charge in [-0.1, -0.05) is 0 Å². The van der Waals surface area contributed by atoms with E-state index in [0.29, 0.717) is 0 Å². The topological polar surface area (TPSA) is 0 Å². The monoisotopic (exact) mass is 262 g/mol. The fourth-order valence-electron chi connectivity index (χ4n) is 0.